The topological polar surface area (TPSA) is 6.48 Å². The summed E-state index contributed by atoms with van der Waals surface area (Å²) in [4.78, 5) is 4.84. The summed E-state index contributed by atoms with van der Waals surface area (Å²) in [7, 11) is 0. The van der Waals surface area contributed by atoms with Crippen LogP contribution in [-0.2, 0) is 5.41 Å². The molecule has 0 fully saturated rings. The highest BCUT2D eigenvalue weighted by Gasteiger charge is 2.48. The largest absolute Gasteiger partial charge is 0.310 e. The molecule has 9 aromatic rings. The number of para-hydroxylation sites is 4. The maximum Gasteiger partial charge on any atom is 0.0725 e. The summed E-state index contributed by atoms with van der Waals surface area (Å²) in [5.41, 5.74) is 21.4. The first-order valence-electron chi connectivity index (χ1n) is 20.4. The van der Waals surface area contributed by atoms with Crippen LogP contribution in [0.5, 0.6) is 0 Å². The highest BCUT2D eigenvalue weighted by Crippen LogP contribution is 2.59. The average Bonchev–Trinajstić information content (AvgIpc) is 3.41. The average molecular weight is 751 g/mol. The van der Waals surface area contributed by atoms with Crippen molar-refractivity contribution in [3.8, 4) is 33.4 Å². The van der Waals surface area contributed by atoms with Crippen molar-refractivity contribution in [3.63, 3.8) is 0 Å². The highest BCUT2D eigenvalue weighted by molar-refractivity contribution is 6.04. The first-order valence-corrected chi connectivity index (χ1v) is 20.4. The van der Waals surface area contributed by atoms with Crippen LogP contribution in [0.4, 0.5) is 34.1 Å². The van der Waals surface area contributed by atoms with E-state index in [0.717, 1.165) is 28.4 Å². The van der Waals surface area contributed by atoms with Gasteiger partial charge in [0.25, 0.3) is 0 Å². The van der Waals surface area contributed by atoms with Crippen LogP contribution < -0.4 is 9.80 Å². The fourth-order valence-corrected chi connectivity index (χ4v) is 10.2. The third kappa shape index (κ3) is 4.93. The number of nitrogens with zero attached hydrogens (tertiary/aromatic N) is 2. The van der Waals surface area contributed by atoms with Crippen LogP contribution in [0, 0.1) is 0 Å². The molecule has 0 saturated heterocycles. The van der Waals surface area contributed by atoms with Gasteiger partial charge in [-0.05, 0) is 116 Å². The summed E-state index contributed by atoms with van der Waals surface area (Å²) < 4.78 is 0. The molecule has 0 saturated carbocycles. The number of anilines is 6. The smallest absolute Gasteiger partial charge is 0.0725 e. The molecule has 1 aliphatic heterocycles. The summed E-state index contributed by atoms with van der Waals surface area (Å²) in [5.74, 6) is 0. The zero-order valence-electron chi connectivity index (χ0n) is 32.3. The lowest BCUT2D eigenvalue weighted by atomic mass is 9.66. The summed E-state index contributed by atoms with van der Waals surface area (Å²) in [6.07, 6.45) is 4.59. The Morgan fingerprint density at radius 1 is 0.305 bits per heavy atom. The molecule has 0 aromatic heterocycles. The summed E-state index contributed by atoms with van der Waals surface area (Å²) in [6, 6.07) is 80.4. The predicted molar refractivity (Wildman–Crippen MR) is 246 cm³/mol. The van der Waals surface area contributed by atoms with Gasteiger partial charge in [-0.2, -0.15) is 0 Å². The number of hydrogen-bond donors (Lipinski definition) is 0. The fourth-order valence-electron chi connectivity index (χ4n) is 10.2. The van der Waals surface area contributed by atoms with Gasteiger partial charge in [-0.15, -0.1) is 0 Å². The second-order valence-corrected chi connectivity index (χ2v) is 15.6. The number of fused-ring (bicyclic) bond motifs is 14. The Morgan fingerprint density at radius 2 is 0.780 bits per heavy atom. The van der Waals surface area contributed by atoms with Crippen molar-refractivity contribution in [3.05, 3.63) is 252 Å². The Hall–Kier alpha value is -7.68. The van der Waals surface area contributed by atoms with Crippen LogP contribution in [0.1, 0.15) is 33.4 Å². The molecule has 9 aromatic carbocycles. The van der Waals surface area contributed by atoms with Crippen molar-refractivity contribution in [2.24, 2.45) is 0 Å². The monoisotopic (exact) mass is 750 g/mol. The van der Waals surface area contributed by atoms with Crippen molar-refractivity contribution >= 4 is 46.3 Å². The van der Waals surface area contributed by atoms with Crippen LogP contribution in [0.25, 0.3) is 45.5 Å². The van der Waals surface area contributed by atoms with Gasteiger partial charge < -0.3 is 9.80 Å². The molecule has 3 aliphatic rings. The molecule has 0 amide bonds. The Morgan fingerprint density at radius 3 is 1.44 bits per heavy atom. The van der Waals surface area contributed by atoms with Gasteiger partial charge in [-0.1, -0.05) is 170 Å². The Bertz CT molecular complexity index is 3070. The second-order valence-electron chi connectivity index (χ2n) is 15.6. The molecule has 59 heavy (non-hydrogen) atoms. The van der Waals surface area contributed by atoms with Gasteiger partial charge in [-0.3, -0.25) is 0 Å². The Kier molecular flexibility index (Phi) is 7.48. The van der Waals surface area contributed by atoms with Gasteiger partial charge in [0, 0.05) is 33.9 Å². The van der Waals surface area contributed by atoms with Crippen LogP contribution in [0.15, 0.2) is 218 Å². The molecule has 2 aliphatic carbocycles. The summed E-state index contributed by atoms with van der Waals surface area (Å²) >= 11 is 0. The van der Waals surface area contributed by atoms with Gasteiger partial charge >= 0.3 is 0 Å². The van der Waals surface area contributed by atoms with E-state index in [-0.39, 0.29) is 0 Å². The van der Waals surface area contributed by atoms with Crippen LogP contribution in [0.2, 0.25) is 0 Å². The molecule has 2 nitrogen and oxygen atoms in total. The van der Waals surface area contributed by atoms with E-state index >= 15 is 0 Å². The summed E-state index contributed by atoms with van der Waals surface area (Å²) in [6.45, 7) is 0. The van der Waals surface area contributed by atoms with E-state index in [4.69, 9.17) is 0 Å². The maximum absolute atomic E-state index is 2.44. The van der Waals surface area contributed by atoms with Crippen molar-refractivity contribution in [2.75, 3.05) is 9.80 Å². The third-order valence-electron chi connectivity index (χ3n) is 12.6. The highest BCUT2D eigenvalue weighted by atomic mass is 15.2. The number of rotatable bonds is 4. The molecule has 12 rings (SSSR count). The fraction of sp³-hybridized carbons (Fsp3) is 0.0175. The van der Waals surface area contributed by atoms with Crippen molar-refractivity contribution in [1.29, 1.82) is 0 Å². The first-order chi connectivity index (χ1) is 29.3. The normalized spacial score (nSPS) is 13.5. The van der Waals surface area contributed by atoms with E-state index in [1.54, 1.807) is 0 Å². The molecular formula is C57H38N2. The second kappa shape index (κ2) is 13.2. The van der Waals surface area contributed by atoms with Crippen molar-refractivity contribution < 1.29 is 0 Å². The molecule has 2 heteroatoms. The van der Waals surface area contributed by atoms with Gasteiger partial charge in [0.15, 0.2) is 0 Å². The lowest BCUT2D eigenvalue weighted by Crippen LogP contribution is -2.29. The van der Waals surface area contributed by atoms with Gasteiger partial charge in [0.1, 0.15) is 0 Å². The van der Waals surface area contributed by atoms with E-state index < -0.39 is 5.41 Å². The molecule has 0 atom stereocenters. The summed E-state index contributed by atoms with van der Waals surface area (Å²) in [5, 5.41) is 0. The van der Waals surface area contributed by atoms with E-state index in [2.05, 4.69) is 240 Å². The SMILES string of the molecule is C1=Cc2ccccc2C2(c3ccccc31)c1ccccc1-c1cc(N(c3ccccc3)c3ccc4c(c3)-c3ccccc3N(c3ccccc3)c3ccccc3-4)ccc12. The van der Waals surface area contributed by atoms with Gasteiger partial charge in [-0.25, -0.2) is 0 Å². The van der Waals surface area contributed by atoms with E-state index in [0.29, 0.717) is 0 Å². The number of benzene rings is 9. The lowest BCUT2D eigenvalue weighted by molar-refractivity contribution is 0.766. The van der Waals surface area contributed by atoms with Crippen LogP contribution in [0.3, 0.4) is 0 Å². The molecule has 0 unspecified atom stereocenters. The Balaban J connectivity index is 1.09. The number of hydrogen-bond acceptors (Lipinski definition) is 2. The molecule has 0 N–H and O–H groups in total. The minimum absolute atomic E-state index is 0.468. The Labute approximate surface area is 345 Å². The van der Waals surface area contributed by atoms with E-state index in [1.807, 2.05) is 0 Å². The molecule has 1 spiro atoms. The first kappa shape index (κ1) is 33.5. The maximum atomic E-state index is 2.44. The van der Waals surface area contributed by atoms with Crippen molar-refractivity contribution in [1.82, 2.24) is 0 Å². The van der Waals surface area contributed by atoms with Crippen molar-refractivity contribution in [2.45, 2.75) is 5.41 Å². The minimum Gasteiger partial charge on any atom is -0.310 e. The molecular weight excluding hydrogens is 713 g/mol. The lowest BCUT2D eigenvalue weighted by Gasteiger charge is -2.35. The van der Waals surface area contributed by atoms with Crippen LogP contribution >= 0.6 is 0 Å². The van der Waals surface area contributed by atoms with E-state index in [9.17, 15) is 0 Å². The van der Waals surface area contributed by atoms with Crippen LogP contribution in [-0.4, -0.2) is 0 Å². The zero-order valence-corrected chi connectivity index (χ0v) is 32.3. The standard InChI is InChI=1S/C57H38N2/c1-3-19-41(20-4-1)58(43-33-35-45-47-24-10-15-29-55(47)59(42-21-5-2-6-22-42)56-30-16-11-25-48(56)49(45)37-43)44-34-36-54-50(38-44)46-23-9-14-28-53(46)57(54)51-26-12-7-17-39(51)31-32-40-18-8-13-27-52(40)57/h1-38H. The zero-order chi connectivity index (χ0) is 38.9. The third-order valence-corrected chi connectivity index (χ3v) is 12.6. The molecule has 1 heterocycles. The minimum atomic E-state index is -0.468. The molecule has 0 radical (unpaired) electrons. The predicted octanol–water partition coefficient (Wildman–Crippen LogP) is 15.1. The van der Waals surface area contributed by atoms with E-state index in [1.165, 1.54) is 72.4 Å². The van der Waals surface area contributed by atoms with Gasteiger partial charge in [0.05, 0.1) is 16.8 Å². The molecule has 0 bridgehead atoms. The van der Waals surface area contributed by atoms with Gasteiger partial charge in [0.2, 0.25) is 0 Å². The quantitative estimate of drug-likeness (QED) is 0.177. The molecule has 276 valence electrons.